The highest BCUT2D eigenvalue weighted by atomic mass is 19.4. The van der Waals surface area contributed by atoms with Gasteiger partial charge in [-0.15, -0.1) is 0 Å². The second kappa shape index (κ2) is 9.05. The van der Waals surface area contributed by atoms with Gasteiger partial charge in [-0.3, -0.25) is 9.25 Å². The number of ether oxygens (including phenoxy) is 2. The molecule has 1 atom stereocenters. The molecule has 0 amide bonds. The minimum Gasteiger partial charge on any atom is -0.475 e. The van der Waals surface area contributed by atoms with Gasteiger partial charge in [0.1, 0.15) is 12.4 Å². The van der Waals surface area contributed by atoms with E-state index in [0.29, 0.717) is 24.5 Å². The molecule has 33 heavy (non-hydrogen) atoms. The van der Waals surface area contributed by atoms with Crippen LogP contribution in [0.3, 0.4) is 0 Å². The molecule has 4 heterocycles. The predicted molar refractivity (Wildman–Crippen MR) is 114 cm³/mol. The van der Waals surface area contributed by atoms with E-state index >= 15 is 0 Å². The average molecular weight is 465 g/mol. The quantitative estimate of drug-likeness (QED) is 0.534. The SMILES string of the molecule is CCn1cc(Cn2c(C)c(C)n(-c3cc(C(F)(F)F)cc(OC[C@@H]4CCCO4)n3)c2=O)cn1. The summed E-state index contributed by atoms with van der Waals surface area (Å²) in [7, 11) is 0. The van der Waals surface area contributed by atoms with Gasteiger partial charge in [0.25, 0.3) is 0 Å². The van der Waals surface area contributed by atoms with E-state index in [1.165, 1.54) is 9.13 Å². The molecule has 0 N–H and O–H groups in total. The van der Waals surface area contributed by atoms with Gasteiger partial charge in [-0.05, 0) is 39.7 Å². The van der Waals surface area contributed by atoms with Gasteiger partial charge in [-0.2, -0.15) is 23.3 Å². The number of halogens is 3. The number of aryl methyl sites for hydroxylation is 1. The summed E-state index contributed by atoms with van der Waals surface area (Å²) in [5.41, 5.74) is 0.531. The zero-order valence-electron chi connectivity index (χ0n) is 18.7. The standard InChI is InChI=1S/C22H26F3N5O3/c1-4-28-11-16(10-26-28)12-29-14(2)15(3)30(21(29)31)19-8-17(22(23,24)25)9-20(27-19)33-13-18-6-5-7-32-18/h8-11,18H,4-7,12-13H2,1-3H3/t18-/m0/s1. The van der Waals surface area contributed by atoms with Gasteiger partial charge >= 0.3 is 11.9 Å². The Balaban J connectivity index is 1.72. The van der Waals surface area contributed by atoms with Crippen molar-refractivity contribution in [1.82, 2.24) is 23.9 Å². The molecule has 0 aromatic carbocycles. The number of imidazole rings is 1. The maximum atomic E-state index is 13.6. The van der Waals surface area contributed by atoms with E-state index in [-0.39, 0.29) is 31.0 Å². The van der Waals surface area contributed by atoms with E-state index < -0.39 is 17.4 Å². The van der Waals surface area contributed by atoms with Crippen LogP contribution >= 0.6 is 0 Å². The first kappa shape index (κ1) is 23.1. The summed E-state index contributed by atoms with van der Waals surface area (Å²) in [5.74, 6) is -0.336. The molecule has 0 unspecified atom stereocenters. The first-order valence-electron chi connectivity index (χ1n) is 10.8. The van der Waals surface area contributed by atoms with Gasteiger partial charge in [-0.1, -0.05) is 0 Å². The van der Waals surface area contributed by atoms with Gasteiger partial charge in [0.15, 0.2) is 0 Å². The normalized spacial score (nSPS) is 16.5. The van der Waals surface area contributed by atoms with E-state index in [2.05, 4.69) is 10.1 Å². The third kappa shape index (κ3) is 4.82. The van der Waals surface area contributed by atoms with Crippen molar-refractivity contribution in [2.24, 2.45) is 0 Å². The fourth-order valence-electron chi connectivity index (χ4n) is 3.86. The molecule has 0 spiro atoms. The summed E-state index contributed by atoms with van der Waals surface area (Å²) < 4.78 is 56.3. The Bertz CT molecular complexity index is 1190. The molecule has 3 aromatic rings. The van der Waals surface area contributed by atoms with Crippen LogP contribution in [0.5, 0.6) is 5.88 Å². The van der Waals surface area contributed by atoms with Gasteiger partial charge in [0, 0.05) is 42.4 Å². The average Bonchev–Trinajstić information content (AvgIpc) is 3.50. The number of hydrogen-bond donors (Lipinski definition) is 0. The largest absolute Gasteiger partial charge is 0.475 e. The molecular weight excluding hydrogens is 439 g/mol. The lowest BCUT2D eigenvalue weighted by atomic mass is 10.2. The smallest absolute Gasteiger partial charge is 0.416 e. The van der Waals surface area contributed by atoms with Crippen molar-refractivity contribution in [3.8, 4) is 11.7 Å². The highest BCUT2D eigenvalue weighted by Crippen LogP contribution is 2.32. The maximum Gasteiger partial charge on any atom is 0.416 e. The van der Waals surface area contributed by atoms with Crippen LogP contribution in [-0.2, 0) is 24.0 Å². The molecule has 0 radical (unpaired) electrons. The third-order valence-electron chi connectivity index (χ3n) is 5.82. The number of alkyl halides is 3. The zero-order chi connectivity index (χ0) is 23.8. The zero-order valence-corrected chi connectivity index (χ0v) is 18.7. The van der Waals surface area contributed by atoms with Crippen LogP contribution < -0.4 is 10.4 Å². The highest BCUT2D eigenvalue weighted by molar-refractivity contribution is 5.37. The minimum atomic E-state index is -4.62. The second-order valence-electron chi connectivity index (χ2n) is 8.08. The van der Waals surface area contributed by atoms with E-state index in [1.807, 2.05) is 13.1 Å². The van der Waals surface area contributed by atoms with Crippen molar-refractivity contribution in [2.45, 2.75) is 59.0 Å². The van der Waals surface area contributed by atoms with Crippen molar-refractivity contribution >= 4 is 0 Å². The highest BCUT2D eigenvalue weighted by Gasteiger charge is 2.33. The first-order valence-corrected chi connectivity index (χ1v) is 10.8. The van der Waals surface area contributed by atoms with Gasteiger partial charge < -0.3 is 9.47 Å². The van der Waals surface area contributed by atoms with Crippen molar-refractivity contribution < 1.29 is 22.6 Å². The Morgan fingerprint density at radius 3 is 2.67 bits per heavy atom. The van der Waals surface area contributed by atoms with Crippen LogP contribution in [0.2, 0.25) is 0 Å². The molecular formula is C22H26F3N5O3. The van der Waals surface area contributed by atoms with Crippen molar-refractivity contribution in [2.75, 3.05) is 13.2 Å². The Morgan fingerprint density at radius 2 is 2.03 bits per heavy atom. The van der Waals surface area contributed by atoms with E-state index in [1.54, 1.807) is 24.7 Å². The summed E-state index contributed by atoms with van der Waals surface area (Å²) in [4.78, 5) is 17.5. The van der Waals surface area contributed by atoms with Crippen molar-refractivity contribution in [1.29, 1.82) is 0 Å². The number of rotatable bonds is 7. The monoisotopic (exact) mass is 465 g/mol. The van der Waals surface area contributed by atoms with Crippen LogP contribution in [0, 0.1) is 13.8 Å². The molecule has 8 nitrogen and oxygen atoms in total. The molecule has 0 saturated carbocycles. The summed E-state index contributed by atoms with van der Waals surface area (Å²) in [6.45, 7) is 7.03. The van der Waals surface area contributed by atoms with Crippen LogP contribution in [-0.4, -0.2) is 43.2 Å². The van der Waals surface area contributed by atoms with E-state index in [4.69, 9.17) is 9.47 Å². The lowest BCUT2D eigenvalue weighted by Gasteiger charge is -2.15. The Kier molecular flexibility index (Phi) is 6.33. The van der Waals surface area contributed by atoms with Gasteiger partial charge in [0.05, 0.1) is 24.4 Å². The molecule has 0 bridgehead atoms. The van der Waals surface area contributed by atoms with Crippen molar-refractivity contribution in [3.05, 3.63) is 57.5 Å². The molecule has 3 aromatic heterocycles. The maximum absolute atomic E-state index is 13.6. The Hall–Kier alpha value is -3.08. The lowest BCUT2D eigenvalue weighted by Crippen LogP contribution is -2.26. The molecule has 1 saturated heterocycles. The number of pyridine rings is 1. The lowest BCUT2D eigenvalue weighted by molar-refractivity contribution is -0.137. The fraction of sp³-hybridized carbons (Fsp3) is 0.500. The Labute approximate surface area is 188 Å². The van der Waals surface area contributed by atoms with Crippen LogP contribution in [0.25, 0.3) is 5.82 Å². The molecule has 11 heteroatoms. The fourth-order valence-corrected chi connectivity index (χ4v) is 3.86. The second-order valence-corrected chi connectivity index (χ2v) is 8.08. The minimum absolute atomic E-state index is 0.100. The Morgan fingerprint density at radius 1 is 1.24 bits per heavy atom. The molecule has 0 aliphatic carbocycles. The van der Waals surface area contributed by atoms with Gasteiger partial charge in [0.2, 0.25) is 5.88 Å². The summed E-state index contributed by atoms with van der Waals surface area (Å²) >= 11 is 0. The first-order chi connectivity index (χ1) is 15.7. The van der Waals surface area contributed by atoms with Crippen LogP contribution in [0.15, 0.2) is 29.3 Å². The van der Waals surface area contributed by atoms with Crippen LogP contribution in [0.4, 0.5) is 13.2 Å². The molecule has 1 aliphatic heterocycles. The van der Waals surface area contributed by atoms with E-state index in [9.17, 15) is 18.0 Å². The topological polar surface area (TPSA) is 76.1 Å². The molecule has 178 valence electrons. The number of nitrogens with zero attached hydrogens (tertiary/aromatic N) is 5. The summed E-state index contributed by atoms with van der Waals surface area (Å²) in [6, 6.07) is 1.72. The van der Waals surface area contributed by atoms with Gasteiger partial charge in [-0.25, -0.2) is 9.36 Å². The number of aromatic nitrogens is 5. The summed E-state index contributed by atoms with van der Waals surface area (Å²) in [5, 5.41) is 4.21. The third-order valence-corrected chi connectivity index (χ3v) is 5.82. The number of hydrogen-bond acceptors (Lipinski definition) is 5. The summed E-state index contributed by atoms with van der Waals surface area (Å²) in [6.07, 6.45) is 0.361. The van der Waals surface area contributed by atoms with Crippen LogP contribution in [0.1, 0.15) is 42.3 Å². The van der Waals surface area contributed by atoms with E-state index in [0.717, 1.165) is 30.5 Å². The molecule has 1 aliphatic rings. The molecule has 4 rings (SSSR count). The predicted octanol–water partition coefficient (Wildman–Crippen LogP) is 3.49. The van der Waals surface area contributed by atoms with Crippen molar-refractivity contribution in [3.63, 3.8) is 0 Å². The molecule has 1 fully saturated rings.